The fourth-order valence-corrected chi connectivity index (χ4v) is 5.53. The van der Waals surface area contributed by atoms with Gasteiger partial charge in [-0.05, 0) is 36.4 Å². The molecule has 1 aliphatic heterocycles. The summed E-state index contributed by atoms with van der Waals surface area (Å²) in [5.41, 5.74) is 0.284. The summed E-state index contributed by atoms with van der Waals surface area (Å²) in [5.74, 6) is -0.315. The number of nitrogens with zero attached hydrogens (tertiary/aromatic N) is 1. The molecule has 0 atom stereocenters. The molecule has 1 saturated heterocycles. The van der Waals surface area contributed by atoms with E-state index >= 15 is 0 Å². The zero-order chi connectivity index (χ0) is 22.4. The largest absolute Gasteiger partial charge is 0.493 e. The van der Waals surface area contributed by atoms with Crippen LogP contribution in [-0.2, 0) is 14.8 Å². The molecule has 7 nitrogen and oxygen atoms in total. The van der Waals surface area contributed by atoms with Crippen LogP contribution in [0.2, 0.25) is 0 Å². The third kappa shape index (κ3) is 6.02. The number of halogens is 2. The fourth-order valence-electron chi connectivity index (χ4n) is 3.22. The van der Waals surface area contributed by atoms with E-state index in [4.69, 9.17) is 4.74 Å². The number of alkyl halides is 2. The third-order valence-corrected chi connectivity index (χ3v) is 7.65. The molecule has 2 aromatic rings. The van der Waals surface area contributed by atoms with Crippen LogP contribution in [0.25, 0.3) is 6.08 Å². The maximum Gasteiger partial charge on any atom is 0.387 e. The van der Waals surface area contributed by atoms with Crippen LogP contribution in [0.1, 0.15) is 18.4 Å². The Morgan fingerprint density at radius 2 is 2.00 bits per heavy atom. The van der Waals surface area contributed by atoms with Crippen LogP contribution < -0.4 is 14.2 Å². The molecule has 3 rings (SSSR count). The SMILES string of the molecule is COc1cccc(/C=C/C(=O)N2CCC(NS(=O)(=O)c3cccs3)CC2)c1OC(F)F. The molecule has 31 heavy (non-hydrogen) atoms. The van der Waals surface area contributed by atoms with Gasteiger partial charge >= 0.3 is 6.61 Å². The van der Waals surface area contributed by atoms with Crippen molar-refractivity contribution in [3.8, 4) is 11.5 Å². The maximum atomic E-state index is 12.7. The van der Waals surface area contributed by atoms with Crippen molar-refractivity contribution in [2.75, 3.05) is 20.2 Å². The van der Waals surface area contributed by atoms with Crippen LogP contribution in [-0.4, -0.2) is 52.1 Å². The quantitative estimate of drug-likeness (QED) is 0.596. The topological polar surface area (TPSA) is 84.9 Å². The number of carbonyl (C=O) groups excluding carboxylic acids is 1. The van der Waals surface area contributed by atoms with Crippen molar-refractivity contribution in [2.24, 2.45) is 0 Å². The lowest BCUT2D eigenvalue weighted by molar-refractivity contribution is -0.126. The Morgan fingerprint density at radius 3 is 2.61 bits per heavy atom. The monoisotopic (exact) mass is 472 g/mol. The van der Waals surface area contributed by atoms with Crippen molar-refractivity contribution in [1.82, 2.24) is 9.62 Å². The lowest BCUT2D eigenvalue weighted by atomic mass is 10.1. The van der Waals surface area contributed by atoms with Crippen LogP contribution in [0, 0.1) is 0 Å². The molecule has 1 aliphatic rings. The number of para-hydroxylation sites is 1. The van der Waals surface area contributed by atoms with Crippen molar-refractivity contribution in [3.05, 3.63) is 47.4 Å². The van der Waals surface area contributed by atoms with Gasteiger partial charge in [-0.1, -0.05) is 18.2 Å². The summed E-state index contributed by atoms with van der Waals surface area (Å²) < 4.78 is 62.6. The minimum Gasteiger partial charge on any atom is -0.493 e. The van der Waals surface area contributed by atoms with E-state index in [9.17, 15) is 22.0 Å². The number of amides is 1. The van der Waals surface area contributed by atoms with E-state index in [-0.39, 0.29) is 33.2 Å². The maximum absolute atomic E-state index is 12.7. The van der Waals surface area contributed by atoms with Gasteiger partial charge in [0, 0.05) is 30.8 Å². The van der Waals surface area contributed by atoms with Crippen LogP contribution >= 0.6 is 11.3 Å². The number of benzene rings is 1. The number of likely N-dealkylation sites (tertiary alicyclic amines) is 1. The fraction of sp³-hybridized carbons (Fsp3) is 0.350. The summed E-state index contributed by atoms with van der Waals surface area (Å²) in [5, 5.41) is 1.70. The minimum atomic E-state index is -3.56. The number of sulfonamides is 1. The van der Waals surface area contributed by atoms with E-state index < -0.39 is 16.6 Å². The van der Waals surface area contributed by atoms with Crippen molar-refractivity contribution >= 4 is 33.3 Å². The lowest BCUT2D eigenvalue weighted by Crippen LogP contribution is -2.46. The average Bonchev–Trinajstić information content (AvgIpc) is 3.28. The molecule has 0 spiro atoms. The molecule has 0 aliphatic carbocycles. The molecule has 1 aromatic carbocycles. The van der Waals surface area contributed by atoms with Crippen molar-refractivity contribution in [2.45, 2.75) is 29.7 Å². The van der Waals surface area contributed by atoms with E-state index in [2.05, 4.69) is 9.46 Å². The van der Waals surface area contributed by atoms with E-state index in [1.807, 2.05) is 0 Å². The predicted molar refractivity (Wildman–Crippen MR) is 113 cm³/mol. The average molecular weight is 473 g/mol. The molecule has 1 aromatic heterocycles. The van der Waals surface area contributed by atoms with E-state index in [1.54, 1.807) is 28.5 Å². The molecule has 0 radical (unpaired) electrons. The van der Waals surface area contributed by atoms with Gasteiger partial charge in [0.05, 0.1) is 7.11 Å². The van der Waals surface area contributed by atoms with E-state index in [1.165, 1.54) is 31.4 Å². The number of methoxy groups -OCH3 is 1. The van der Waals surface area contributed by atoms with E-state index in [0.29, 0.717) is 25.9 Å². The number of rotatable bonds is 8. The Balaban J connectivity index is 1.60. The Kier molecular flexibility index (Phi) is 7.63. The van der Waals surface area contributed by atoms with Gasteiger partial charge in [0.25, 0.3) is 0 Å². The molecule has 0 bridgehead atoms. The number of hydrogen-bond acceptors (Lipinski definition) is 6. The third-order valence-electron chi connectivity index (χ3n) is 4.73. The Morgan fingerprint density at radius 1 is 1.26 bits per heavy atom. The van der Waals surface area contributed by atoms with Gasteiger partial charge in [0.2, 0.25) is 15.9 Å². The molecule has 1 N–H and O–H groups in total. The first-order valence-corrected chi connectivity index (χ1v) is 11.8. The molecular formula is C20H22F2N2O5S2. The molecule has 1 fully saturated rings. The zero-order valence-electron chi connectivity index (χ0n) is 16.7. The number of hydrogen-bond donors (Lipinski definition) is 1. The summed E-state index contributed by atoms with van der Waals surface area (Å²) in [6.45, 7) is -2.28. The normalized spacial score (nSPS) is 15.5. The van der Waals surface area contributed by atoms with Gasteiger partial charge in [0.1, 0.15) is 4.21 Å². The summed E-state index contributed by atoms with van der Waals surface area (Å²) in [6.07, 6.45) is 3.63. The summed E-state index contributed by atoms with van der Waals surface area (Å²) in [4.78, 5) is 14.1. The van der Waals surface area contributed by atoms with Gasteiger partial charge in [-0.2, -0.15) is 8.78 Å². The van der Waals surface area contributed by atoms with Crippen LogP contribution in [0.4, 0.5) is 8.78 Å². The van der Waals surface area contributed by atoms with Crippen molar-refractivity contribution < 1.29 is 31.5 Å². The smallest absolute Gasteiger partial charge is 0.387 e. The highest BCUT2D eigenvalue weighted by atomic mass is 32.2. The van der Waals surface area contributed by atoms with Crippen LogP contribution in [0.5, 0.6) is 11.5 Å². The summed E-state index contributed by atoms with van der Waals surface area (Å²) in [6, 6.07) is 7.58. The van der Waals surface area contributed by atoms with Gasteiger partial charge in [-0.25, -0.2) is 13.1 Å². The van der Waals surface area contributed by atoms with Gasteiger partial charge in [0.15, 0.2) is 11.5 Å². The second-order valence-corrected chi connectivity index (χ2v) is 9.63. The summed E-state index contributed by atoms with van der Waals surface area (Å²) >= 11 is 1.15. The second kappa shape index (κ2) is 10.2. The molecule has 2 heterocycles. The molecular weight excluding hydrogens is 450 g/mol. The predicted octanol–water partition coefficient (Wildman–Crippen LogP) is 3.34. The molecule has 11 heteroatoms. The summed E-state index contributed by atoms with van der Waals surface area (Å²) in [7, 11) is -2.22. The van der Waals surface area contributed by atoms with Crippen molar-refractivity contribution in [3.63, 3.8) is 0 Å². The van der Waals surface area contributed by atoms with E-state index in [0.717, 1.165) is 11.3 Å². The lowest BCUT2D eigenvalue weighted by Gasteiger charge is -2.31. The van der Waals surface area contributed by atoms with Gasteiger partial charge in [-0.3, -0.25) is 4.79 Å². The molecule has 168 valence electrons. The highest BCUT2D eigenvalue weighted by Crippen LogP contribution is 2.33. The Bertz CT molecular complexity index is 1020. The highest BCUT2D eigenvalue weighted by Gasteiger charge is 2.26. The molecule has 1 amide bonds. The number of carbonyl (C=O) groups is 1. The highest BCUT2D eigenvalue weighted by molar-refractivity contribution is 7.91. The van der Waals surface area contributed by atoms with Gasteiger partial charge in [-0.15, -0.1) is 11.3 Å². The van der Waals surface area contributed by atoms with Crippen molar-refractivity contribution in [1.29, 1.82) is 0 Å². The second-order valence-electron chi connectivity index (χ2n) is 6.74. The first-order valence-electron chi connectivity index (χ1n) is 9.45. The molecule has 0 saturated carbocycles. The number of ether oxygens (including phenoxy) is 2. The molecule has 0 unspecified atom stereocenters. The van der Waals surface area contributed by atoms with Crippen LogP contribution in [0.15, 0.2) is 46.0 Å². The van der Waals surface area contributed by atoms with Gasteiger partial charge < -0.3 is 14.4 Å². The standard InChI is InChI=1S/C20H22F2N2O5S2/c1-28-16-5-2-4-14(19(16)29-20(21)22)7-8-17(25)24-11-9-15(10-12-24)23-31(26,27)18-6-3-13-30-18/h2-8,13,15,20,23H,9-12H2,1H3/b8-7+. The Labute approximate surface area is 183 Å². The first-order chi connectivity index (χ1) is 14.8. The Hall–Kier alpha value is -2.50. The number of piperidine rings is 1. The number of nitrogens with one attached hydrogen (secondary N) is 1. The zero-order valence-corrected chi connectivity index (χ0v) is 18.3. The number of thiophene rings is 1. The first kappa shape index (κ1) is 23.2. The minimum absolute atomic E-state index is 0.133. The van der Waals surface area contributed by atoms with Crippen LogP contribution in [0.3, 0.4) is 0 Å².